The third-order valence-electron chi connectivity index (χ3n) is 4.13. The second kappa shape index (κ2) is 7.78. The van der Waals surface area contributed by atoms with Crippen molar-refractivity contribution in [1.82, 2.24) is 25.3 Å². The molecule has 0 radical (unpaired) electrons. The molecule has 0 bridgehead atoms. The van der Waals surface area contributed by atoms with Crippen LogP contribution in [-0.4, -0.2) is 59.2 Å². The van der Waals surface area contributed by atoms with Crippen LogP contribution in [0.25, 0.3) is 0 Å². The third-order valence-corrected chi connectivity index (χ3v) is 4.13. The minimum Gasteiger partial charge on any atom is -0.351 e. The van der Waals surface area contributed by atoms with Gasteiger partial charge in [0.05, 0.1) is 12.2 Å². The Hall–Kier alpha value is -2.34. The maximum absolute atomic E-state index is 4.40. The largest absolute Gasteiger partial charge is 0.351 e. The molecular weight excluding hydrogens is 288 g/mol. The number of benzene rings is 1. The zero-order valence-electron chi connectivity index (χ0n) is 13.6. The van der Waals surface area contributed by atoms with Gasteiger partial charge >= 0.3 is 0 Å². The second-order valence-corrected chi connectivity index (χ2v) is 5.73. The molecule has 122 valence electrons. The fourth-order valence-electron chi connectivity index (χ4n) is 2.85. The Balaban J connectivity index is 1.47. The first kappa shape index (κ1) is 15.6. The average Bonchev–Trinajstić information content (AvgIpc) is 3.11. The van der Waals surface area contributed by atoms with Gasteiger partial charge in [0.2, 0.25) is 0 Å². The van der Waals surface area contributed by atoms with Crippen molar-refractivity contribution >= 4 is 5.96 Å². The Labute approximate surface area is 137 Å². The van der Waals surface area contributed by atoms with Crippen molar-refractivity contribution in [1.29, 1.82) is 0 Å². The van der Waals surface area contributed by atoms with Gasteiger partial charge in [0.15, 0.2) is 5.96 Å². The number of piperazine rings is 1. The summed E-state index contributed by atoms with van der Waals surface area (Å²) in [5, 5.41) is 10.3. The minimum absolute atomic E-state index is 0.719. The van der Waals surface area contributed by atoms with Gasteiger partial charge in [-0.1, -0.05) is 30.3 Å². The van der Waals surface area contributed by atoms with E-state index in [-0.39, 0.29) is 0 Å². The maximum atomic E-state index is 4.40. The van der Waals surface area contributed by atoms with Gasteiger partial charge in [-0.05, 0) is 11.6 Å². The molecule has 1 fully saturated rings. The molecule has 0 unspecified atom stereocenters. The van der Waals surface area contributed by atoms with Gasteiger partial charge in [0, 0.05) is 46.0 Å². The number of aliphatic imine (C=N–C) groups is 1. The predicted octanol–water partition coefficient (Wildman–Crippen LogP) is 1.30. The molecule has 3 rings (SSSR count). The van der Waals surface area contributed by atoms with Crippen molar-refractivity contribution in [3.63, 3.8) is 0 Å². The van der Waals surface area contributed by atoms with E-state index >= 15 is 0 Å². The van der Waals surface area contributed by atoms with E-state index in [2.05, 4.69) is 60.6 Å². The Morgan fingerprint density at radius 2 is 1.96 bits per heavy atom. The van der Waals surface area contributed by atoms with Crippen molar-refractivity contribution in [2.45, 2.75) is 13.1 Å². The number of H-pyrrole nitrogens is 1. The van der Waals surface area contributed by atoms with Crippen molar-refractivity contribution in [2.24, 2.45) is 4.99 Å². The number of rotatable bonds is 4. The first-order valence-corrected chi connectivity index (χ1v) is 8.05. The van der Waals surface area contributed by atoms with Crippen LogP contribution in [0.1, 0.15) is 11.3 Å². The van der Waals surface area contributed by atoms with Gasteiger partial charge < -0.3 is 10.2 Å². The lowest BCUT2D eigenvalue weighted by molar-refractivity contribution is 0.172. The fraction of sp³-hybridized carbons (Fsp3) is 0.412. The lowest BCUT2D eigenvalue weighted by Gasteiger charge is -2.36. The van der Waals surface area contributed by atoms with Gasteiger partial charge in [-0.2, -0.15) is 5.10 Å². The molecule has 0 atom stereocenters. The van der Waals surface area contributed by atoms with E-state index in [0.717, 1.165) is 50.9 Å². The monoisotopic (exact) mass is 312 g/mol. The summed E-state index contributed by atoms with van der Waals surface area (Å²) in [6, 6.07) is 12.6. The number of nitrogens with zero attached hydrogens (tertiary/aromatic N) is 4. The summed E-state index contributed by atoms with van der Waals surface area (Å²) >= 11 is 0. The van der Waals surface area contributed by atoms with E-state index in [4.69, 9.17) is 0 Å². The summed E-state index contributed by atoms with van der Waals surface area (Å²) in [5.41, 5.74) is 2.44. The summed E-state index contributed by atoms with van der Waals surface area (Å²) < 4.78 is 0. The maximum Gasteiger partial charge on any atom is 0.194 e. The minimum atomic E-state index is 0.719. The van der Waals surface area contributed by atoms with Crippen LogP contribution in [0.4, 0.5) is 0 Å². The van der Waals surface area contributed by atoms with E-state index < -0.39 is 0 Å². The Bertz CT molecular complexity index is 599. The van der Waals surface area contributed by atoms with Crippen LogP contribution in [-0.2, 0) is 13.1 Å². The molecule has 6 heteroatoms. The number of aromatic nitrogens is 2. The van der Waals surface area contributed by atoms with Crippen molar-refractivity contribution in [3.05, 3.63) is 53.9 Å². The molecule has 1 aromatic carbocycles. The molecular formula is C17H24N6. The highest BCUT2D eigenvalue weighted by atomic mass is 15.3. The van der Waals surface area contributed by atoms with Crippen molar-refractivity contribution in [3.8, 4) is 0 Å². The third kappa shape index (κ3) is 4.32. The van der Waals surface area contributed by atoms with E-state index in [1.807, 2.05) is 13.1 Å². The summed E-state index contributed by atoms with van der Waals surface area (Å²) in [5.74, 6) is 0.957. The highest BCUT2D eigenvalue weighted by molar-refractivity contribution is 5.79. The van der Waals surface area contributed by atoms with Gasteiger partial charge in [-0.3, -0.25) is 15.0 Å². The number of hydrogen-bond donors (Lipinski definition) is 2. The quantitative estimate of drug-likeness (QED) is 0.660. The Morgan fingerprint density at radius 3 is 2.61 bits per heavy atom. The molecule has 0 saturated carbocycles. The molecule has 2 aromatic rings. The molecule has 1 aromatic heterocycles. The van der Waals surface area contributed by atoms with Crippen LogP contribution >= 0.6 is 0 Å². The van der Waals surface area contributed by atoms with Gasteiger partial charge in [-0.25, -0.2) is 0 Å². The first-order chi connectivity index (χ1) is 11.3. The summed E-state index contributed by atoms with van der Waals surface area (Å²) in [6.07, 6.45) is 1.77. The molecule has 1 aliphatic heterocycles. The molecule has 0 aliphatic carbocycles. The van der Waals surface area contributed by atoms with E-state index in [0.29, 0.717) is 0 Å². The van der Waals surface area contributed by atoms with E-state index in [1.165, 1.54) is 5.56 Å². The summed E-state index contributed by atoms with van der Waals surface area (Å²) in [4.78, 5) is 9.21. The lowest BCUT2D eigenvalue weighted by Crippen LogP contribution is -2.52. The highest BCUT2D eigenvalue weighted by Crippen LogP contribution is 2.08. The second-order valence-electron chi connectivity index (χ2n) is 5.73. The SMILES string of the molecule is CN=C(NCc1ccn[nH]1)N1CCN(Cc2ccccc2)CC1. The molecule has 6 nitrogen and oxygen atoms in total. The fourth-order valence-corrected chi connectivity index (χ4v) is 2.85. The number of hydrogen-bond acceptors (Lipinski definition) is 3. The Kier molecular flexibility index (Phi) is 5.26. The van der Waals surface area contributed by atoms with Crippen molar-refractivity contribution in [2.75, 3.05) is 33.2 Å². The molecule has 0 spiro atoms. The zero-order chi connectivity index (χ0) is 15.9. The molecule has 0 amide bonds. The number of guanidine groups is 1. The topological polar surface area (TPSA) is 59.6 Å². The smallest absolute Gasteiger partial charge is 0.194 e. The van der Waals surface area contributed by atoms with Crippen LogP contribution < -0.4 is 5.32 Å². The standard InChI is InChI=1S/C17H24N6/c1-18-17(19-13-16-7-8-20-21-16)23-11-9-22(10-12-23)14-15-5-3-2-4-6-15/h2-8H,9-14H2,1H3,(H,18,19)(H,20,21). The van der Waals surface area contributed by atoms with Crippen LogP contribution in [0.3, 0.4) is 0 Å². The van der Waals surface area contributed by atoms with Gasteiger partial charge in [0.25, 0.3) is 0 Å². The molecule has 1 saturated heterocycles. The zero-order valence-corrected chi connectivity index (χ0v) is 13.6. The lowest BCUT2D eigenvalue weighted by atomic mass is 10.2. The summed E-state index contributed by atoms with van der Waals surface area (Å²) in [7, 11) is 1.84. The van der Waals surface area contributed by atoms with Crippen LogP contribution in [0.2, 0.25) is 0 Å². The molecule has 2 heterocycles. The first-order valence-electron chi connectivity index (χ1n) is 8.05. The van der Waals surface area contributed by atoms with Crippen LogP contribution in [0.15, 0.2) is 47.6 Å². The van der Waals surface area contributed by atoms with Crippen molar-refractivity contribution < 1.29 is 0 Å². The Morgan fingerprint density at radius 1 is 1.17 bits per heavy atom. The van der Waals surface area contributed by atoms with Crippen LogP contribution in [0.5, 0.6) is 0 Å². The highest BCUT2D eigenvalue weighted by Gasteiger charge is 2.19. The predicted molar refractivity (Wildman–Crippen MR) is 92.1 cm³/mol. The van der Waals surface area contributed by atoms with Gasteiger partial charge in [-0.15, -0.1) is 0 Å². The van der Waals surface area contributed by atoms with Crippen LogP contribution in [0, 0.1) is 0 Å². The van der Waals surface area contributed by atoms with Gasteiger partial charge in [0.1, 0.15) is 0 Å². The normalized spacial score (nSPS) is 16.6. The number of aromatic amines is 1. The molecule has 23 heavy (non-hydrogen) atoms. The molecule has 1 aliphatic rings. The van der Waals surface area contributed by atoms with E-state index in [1.54, 1.807) is 6.20 Å². The summed E-state index contributed by atoms with van der Waals surface area (Å²) in [6.45, 7) is 5.84. The number of nitrogens with one attached hydrogen (secondary N) is 2. The molecule has 2 N–H and O–H groups in total. The van der Waals surface area contributed by atoms with E-state index in [9.17, 15) is 0 Å². The average molecular weight is 312 g/mol.